The minimum atomic E-state index is -0.270. The summed E-state index contributed by atoms with van der Waals surface area (Å²) in [5.41, 5.74) is 1.32. The Morgan fingerprint density at radius 3 is 2.86 bits per heavy atom. The summed E-state index contributed by atoms with van der Waals surface area (Å²) in [5, 5.41) is 2.80. The van der Waals surface area contributed by atoms with E-state index >= 15 is 0 Å². The van der Waals surface area contributed by atoms with Crippen molar-refractivity contribution in [3.8, 4) is 0 Å². The number of rotatable bonds is 4. The highest BCUT2D eigenvalue weighted by atomic mass is 19.1. The molecular weight excluding hydrogens is 271 g/mol. The van der Waals surface area contributed by atoms with Gasteiger partial charge in [-0.1, -0.05) is 12.1 Å². The first kappa shape index (κ1) is 14.0. The van der Waals surface area contributed by atoms with Crippen molar-refractivity contribution in [1.29, 1.82) is 0 Å². The van der Waals surface area contributed by atoms with Gasteiger partial charge in [-0.2, -0.15) is 0 Å². The average molecular weight is 290 g/mol. The molecule has 0 spiro atoms. The van der Waals surface area contributed by atoms with Crippen LogP contribution in [-0.2, 0) is 16.1 Å². The lowest BCUT2D eigenvalue weighted by Crippen LogP contribution is -2.33. The van der Waals surface area contributed by atoms with Crippen LogP contribution in [0.1, 0.15) is 30.4 Å². The summed E-state index contributed by atoms with van der Waals surface area (Å²) in [4.78, 5) is 25.8. The smallest absolute Gasteiger partial charge is 0.225 e. The first-order valence-corrected chi connectivity index (χ1v) is 7.37. The van der Waals surface area contributed by atoms with E-state index in [-0.39, 0.29) is 23.5 Å². The molecule has 1 aliphatic heterocycles. The maximum Gasteiger partial charge on any atom is 0.225 e. The lowest BCUT2D eigenvalue weighted by Gasteiger charge is -2.15. The summed E-state index contributed by atoms with van der Waals surface area (Å²) in [6.45, 7) is 2.52. The standard InChI is InChI=1S/C16H19FN2O2/c1-10-2-3-11(6-14(10)17)8-18-16(21)12-7-15(20)19(9-12)13-4-5-13/h2-3,6,12-13H,4-5,7-9H2,1H3,(H,18,21)/t12-/m1/s1. The van der Waals surface area contributed by atoms with Gasteiger partial charge in [0.2, 0.25) is 11.8 Å². The Kier molecular flexibility index (Phi) is 3.66. The molecule has 1 aromatic rings. The number of carbonyl (C=O) groups excluding carboxylic acids is 2. The Morgan fingerprint density at radius 1 is 1.43 bits per heavy atom. The molecule has 0 radical (unpaired) electrons. The second kappa shape index (κ2) is 5.47. The Bertz CT molecular complexity index is 584. The normalized spacial score (nSPS) is 21.7. The molecule has 2 fully saturated rings. The van der Waals surface area contributed by atoms with E-state index < -0.39 is 0 Å². The summed E-state index contributed by atoms with van der Waals surface area (Å²) < 4.78 is 13.4. The fourth-order valence-electron chi connectivity index (χ4n) is 2.73. The van der Waals surface area contributed by atoms with Gasteiger partial charge in [-0.15, -0.1) is 0 Å². The molecule has 1 heterocycles. The van der Waals surface area contributed by atoms with Crippen LogP contribution >= 0.6 is 0 Å². The third-order valence-corrected chi connectivity index (χ3v) is 4.22. The van der Waals surface area contributed by atoms with Gasteiger partial charge in [-0.25, -0.2) is 4.39 Å². The molecule has 1 saturated carbocycles. The molecule has 1 aromatic carbocycles. The van der Waals surface area contributed by atoms with Gasteiger partial charge in [0.1, 0.15) is 5.82 Å². The van der Waals surface area contributed by atoms with Crippen LogP contribution in [0.25, 0.3) is 0 Å². The largest absolute Gasteiger partial charge is 0.352 e. The van der Waals surface area contributed by atoms with Crippen molar-refractivity contribution in [2.24, 2.45) is 5.92 Å². The third kappa shape index (κ3) is 3.06. The predicted molar refractivity (Wildman–Crippen MR) is 75.8 cm³/mol. The Balaban J connectivity index is 1.54. The highest BCUT2D eigenvalue weighted by Gasteiger charge is 2.41. The number of nitrogens with one attached hydrogen (secondary N) is 1. The molecule has 1 saturated heterocycles. The summed E-state index contributed by atoms with van der Waals surface area (Å²) in [5.74, 6) is -0.572. The fourth-order valence-corrected chi connectivity index (χ4v) is 2.73. The number of likely N-dealkylation sites (tertiary alicyclic amines) is 1. The second-order valence-electron chi connectivity index (χ2n) is 5.98. The van der Waals surface area contributed by atoms with E-state index in [9.17, 15) is 14.0 Å². The number of hydrogen-bond acceptors (Lipinski definition) is 2. The van der Waals surface area contributed by atoms with Crippen LogP contribution in [0, 0.1) is 18.7 Å². The van der Waals surface area contributed by atoms with Gasteiger partial charge >= 0.3 is 0 Å². The maximum absolute atomic E-state index is 13.4. The molecule has 4 nitrogen and oxygen atoms in total. The van der Waals surface area contributed by atoms with Crippen molar-refractivity contribution < 1.29 is 14.0 Å². The van der Waals surface area contributed by atoms with Gasteiger partial charge in [0.15, 0.2) is 0 Å². The lowest BCUT2D eigenvalue weighted by atomic mass is 10.1. The van der Waals surface area contributed by atoms with Crippen molar-refractivity contribution >= 4 is 11.8 Å². The average Bonchev–Trinajstić information content (AvgIpc) is 3.22. The van der Waals surface area contributed by atoms with E-state index in [1.54, 1.807) is 19.1 Å². The summed E-state index contributed by atoms with van der Waals surface area (Å²) in [6.07, 6.45) is 2.41. The van der Waals surface area contributed by atoms with E-state index in [0.29, 0.717) is 31.1 Å². The summed E-state index contributed by atoms with van der Waals surface area (Å²) >= 11 is 0. The van der Waals surface area contributed by atoms with Crippen LogP contribution in [0.5, 0.6) is 0 Å². The Labute approximate surface area is 123 Å². The quantitative estimate of drug-likeness (QED) is 0.918. The van der Waals surface area contributed by atoms with Gasteiger partial charge in [0, 0.05) is 25.6 Å². The van der Waals surface area contributed by atoms with Crippen LogP contribution in [0.2, 0.25) is 0 Å². The van der Waals surface area contributed by atoms with Crippen molar-refractivity contribution in [3.63, 3.8) is 0 Å². The number of nitrogens with zero attached hydrogens (tertiary/aromatic N) is 1. The number of amides is 2. The monoisotopic (exact) mass is 290 g/mol. The summed E-state index contributed by atoms with van der Waals surface area (Å²) in [7, 11) is 0. The first-order chi connectivity index (χ1) is 10.0. The molecule has 1 aliphatic carbocycles. The van der Waals surface area contributed by atoms with Gasteiger partial charge in [0.25, 0.3) is 0 Å². The Hall–Kier alpha value is -1.91. The Morgan fingerprint density at radius 2 is 2.19 bits per heavy atom. The van der Waals surface area contributed by atoms with Crippen LogP contribution in [0.4, 0.5) is 4.39 Å². The zero-order valence-corrected chi connectivity index (χ0v) is 12.1. The molecule has 0 aromatic heterocycles. The van der Waals surface area contributed by atoms with Crippen molar-refractivity contribution in [2.75, 3.05) is 6.54 Å². The van der Waals surface area contributed by atoms with Crippen LogP contribution in [0.15, 0.2) is 18.2 Å². The van der Waals surface area contributed by atoms with Gasteiger partial charge < -0.3 is 10.2 Å². The zero-order chi connectivity index (χ0) is 15.0. The topological polar surface area (TPSA) is 49.4 Å². The summed E-state index contributed by atoms with van der Waals surface area (Å²) in [6, 6.07) is 5.30. The number of halogens is 1. The van der Waals surface area contributed by atoms with Gasteiger partial charge in [-0.3, -0.25) is 9.59 Å². The van der Waals surface area contributed by atoms with E-state index in [2.05, 4.69) is 5.32 Å². The molecule has 2 amide bonds. The van der Waals surface area contributed by atoms with Crippen molar-refractivity contribution in [3.05, 3.63) is 35.1 Å². The molecular formula is C16H19FN2O2. The molecule has 5 heteroatoms. The maximum atomic E-state index is 13.4. The number of aryl methyl sites for hydroxylation is 1. The van der Waals surface area contributed by atoms with Crippen LogP contribution in [0.3, 0.4) is 0 Å². The van der Waals surface area contributed by atoms with E-state index in [0.717, 1.165) is 18.4 Å². The lowest BCUT2D eigenvalue weighted by molar-refractivity contribution is -0.129. The van der Waals surface area contributed by atoms with Gasteiger partial charge in [-0.05, 0) is 37.0 Å². The first-order valence-electron chi connectivity index (χ1n) is 7.37. The molecule has 21 heavy (non-hydrogen) atoms. The van der Waals surface area contributed by atoms with Gasteiger partial charge in [0.05, 0.1) is 5.92 Å². The minimum absolute atomic E-state index is 0.0824. The fraction of sp³-hybridized carbons (Fsp3) is 0.500. The van der Waals surface area contributed by atoms with Crippen LogP contribution in [-0.4, -0.2) is 29.3 Å². The molecule has 112 valence electrons. The van der Waals surface area contributed by atoms with Crippen molar-refractivity contribution in [2.45, 2.75) is 38.8 Å². The molecule has 1 N–H and O–H groups in total. The van der Waals surface area contributed by atoms with E-state index in [1.807, 2.05) is 4.90 Å². The minimum Gasteiger partial charge on any atom is -0.352 e. The highest BCUT2D eigenvalue weighted by Crippen LogP contribution is 2.32. The number of carbonyl (C=O) groups is 2. The zero-order valence-electron chi connectivity index (χ0n) is 12.1. The van der Waals surface area contributed by atoms with Crippen molar-refractivity contribution in [1.82, 2.24) is 10.2 Å². The van der Waals surface area contributed by atoms with E-state index in [1.165, 1.54) is 6.07 Å². The van der Waals surface area contributed by atoms with Crippen LogP contribution < -0.4 is 5.32 Å². The molecule has 1 atom stereocenters. The molecule has 3 rings (SSSR count). The predicted octanol–water partition coefficient (Wildman–Crippen LogP) is 1.76. The molecule has 0 bridgehead atoms. The second-order valence-corrected chi connectivity index (χ2v) is 5.98. The number of hydrogen-bond donors (Lipinski definition) is 1. The number of benzene rings is 1. The molecule has 2 aliphatic rings. The third-order valence-electron chi connectivity index (χ3n) is 4.22. The highest BCUT2D eigenvalue weighted by molar-refractivity contribution is 5.89. The van der Waals surface area contributed by atoms with E-state index in [4.69, 9.17) is 0 Å². The SMILES string of the molecule is Cc1ccc(CNC(=O)[C@@H]2CC(=O)N(C3CC3)C2)cc1F. The molecule has 0 unspecified atom stereocenters.